The largest absolute Gasteiger partial charge is 0.407 e. The Hall–Kier alpha value is -1.23. The number of hydrogen-bond donors (Lipinski definition) is 1. The lowest BCUT2D eigenvalue weighted by atomic mass is 10.1. The van der Waals surface area contributed by atoms with Gasteiger partial charge in [-0.2, -0.15) is 13.2 Å². The minimum atomic E-state index is -4.40. The summed E-state index contributed by atoms with van der Waals surface area (Å²) in [6.07, 6.45) is -4.40. The standard InChI is InChI=1S/C10H13F3N2/c1-15(2)8-5-3-4-7(6-8)9(14)10(11,12)13/h3-6,9H,14H2,1-2H3/t9-/m0/s1. The predicted molar refractivity (Wildman–Crippen MR) is 53.8 cm³/mol. The van der Waals surface area contributed by atoms with E-state index in [9.17, 15) is 13.2 Å². The molecule has 0 saturated heterocycles. The maximum atomic E-state index is 12.3. The Balaban J connectivity index is 3.00. The van der Waals surface area contributed by atoms with E-state index in [0.29, 0.717) is 5.69 Å². The molecule has 0 spiro atoms. The van der Waals surface area contributed by atoms with Crippen molar-refractivity contribution in [3.05, 3.63) is 29.8 Å². The highest BCUT2D eigenvalue weighted by atomic mass is 19.4. The highest BCUT2D eigenvalue weighted by molar-refractivity contribution is 5.47. The van der Waals surface area contributed by atoms with Crippen LogP contribution in [0.1, 0.15) is 11.6 Å². The zero-order valence-electron chi connectivity index (χ0n) is 8.55. The molecule has 0 aromatic heterocycles. The third kappa shape index (κ3) is 2.86. The van der Waals surface area contributed by atoms with Gasteiger partial charge in [-0.15, -0.1) is 0 Å². The first-order chi connectivity index (χ1) is 6.82. The van der Waals surface area contributed by atoms with E-state index in [1.54, 1.807) is 31.1 Å². The van der Waals surface area contributed by atoms with Gasteiger partial charge >= 0.3 is 6.18 Å². The summed E-state index contributed by atoms with van der Waals surface area (Å²) in [5.74, 6) is 0. The van der Waals surface area contributed by atoms with Crippen LogP contribution in [0.4, 0.5) is 18.9 Å². The van der Waals surface area contributed by atoms with E-state index >= 15 is 0 Å². The number of anilines is 1. The van der Waals surface area contributed by atoms with Crippen LogP contribution in [0.15, 0.2) is 24.3 Å². The lowest BCUT2D eigenvalue weighted by Crippen LogP contribution is -2.28. The molecule has 1 rings (SSSR count). The van der Waals surface area contributed by atoms with E-state index in [1.807, 2.05) is 0 Å². The fourth-order valence-corrected chi connectivity index (χ4v) is 1.19. The zero-order valence-corrected chi connectivity index (χ0v) is 8.55. The van der Waals surface area contributed by atoms with Crippen LogP contribution in [-0.4, -0.2) is 20.3 Å². The second-order valence-electron chi connectivity index (χ2n) is 3.51. The lowest BCUT2D eigenvalue weighted by molar-refractivity contribution is -0.149. The van der Waals surface area contributed by atoms with Crippen molar-refractivity contribution in [3.63, 3.8) is 0 Å². The van der Waals surface area contributed by atoms with Gasteiger partial charge in [0.15, 0.2) is 0 Å². The number of alkyl halides is 3. The molecule has 0 fully saturated rings. The van der Waals surface area contributed by atoms with Crippen LogP contribution >= 0.6 is 0 Å². The first-order valence-corrected chi connectivity index (χ1v) is 4.42. The summed E-state index contributed by atoms with van der Waals surface area (Å²) in [7, 11) is 3.52. The number of halogens is 3. The van der Waals surface area contributed by atoms with Gasteiger partial charge in [-0.25, -0.2) is 0 Å². The molecule has 84 valence electrons. The Labute approximate surface area is 86.5 Å². The molecule has 1 aromatic carbocycles. The van der Waals surface area contributed by atoms with Gasteiger partial charge < -0.3 is 10.6 Å². The van der Waals surface area contributed by atoms with Crippen molar-refractivity contribution in [2.45, 2.75) is 12.2 Å². The molecule has 0 amide bonds. The Morgan fingerprint density at radius 2 is 1.87 bits per heavy atom. The molecule has 0 radical (unpaired) electrons. The molecule has 2 nitrogen and oxygen atoms in total. The summed E-state index contributed by atoms with van der Waals surface area (Å²) in [5, 5.41) is 0. The monoisotopic (exact) mass is 218 g/mol. The maximum Gasteiger partial charge on any atom is 0.407 e. The molecule has 5 heteroatoms. The Morgan fingerprint density at radius 3 is 2.33 bits per heavy atom. The smallest absolute Gasteiger partial charge is 0.378 e. The van der Waals surface area contributed by atoms with Crippen molar-refractivity contribution in [2.75, 3.05) is 19.0 Å². The van der Waals surface area contributed by atoms with Crippen molar-refractivity contribution in [3.8, 4) is 0 Å². The Bertz CT molecular complexity index is 334. The molecule has 15 heavy (non-hydrogen) atoms. The first-order valence-electron chi connectivity index (χ1n) is 4.42. The maximum absolute atomic E-state index is 12.3. The third-order valence-corrected chi connectivity index (χ3v) is 2.10. The van der Waals surface area contributed by atoms with Gasteiger partial charge in [0, 0.05) is 19.8 Å². The SMILES string of the molecule is CN(C)c1cccc([C@H](N)C(F)(F)F)c1. The molecule has 0 heterocycles. The second kappa shape index (κ2) is 4.10. The average Bonchev–Trinajstić information content (AvgIpc) is 2.15. The minimum Gasteiger partial charge on any atom is -0.378 e. The van der Waals surface area contributed by atoms with Gasteiger partial charge in [-0.05, 0) is 17.7 Å². The molecule has 1 aromatic rings. The van der Waals surface area contributed by atoms with E-state index in [2.05, 4.69) is 0 Å². The molecule has 0 aliphatic heterocycles. The number of hydrogen-bond acceptors (Lipinski definition) is 2. The minimum absolute atomic E-state index is 0.0775. The topological polar surface area (TPSA) is 29.3 Å². The van der Waals surface area contributed by atoms with Crippen molar-refractivity contribution < 1.29 is 13.2 Å². The van der Waals surface area contributed by atoms with E-state index in [4.69, 9.17) is 5.73 Å². The van der Waals surface area contributed by atoms with E-state index < -0.39 is 12.2 Å². The molecule has 0 aliphatic rings. The Morgan fingerprint density at radius 1 is 1.27 bits per heavy atom. The first kappa shape index (κ1) is 11.8. The zero-order chi connectivity index (χ0) is 11.6. The highest BCUT2D eigenvalue weighted by Crippen LogP contribution is 2.31. The van der Waals surface area contributed by atoms with Crippen LogP contribution in [0.2, 0.25) is 0 Å². The number of nitrogens with two attached hydrogens (primary N) is 1. The normalized spacial score (nSPS) is 13.7. The third-order valence-electron chi connectivity index (χ3n) is 2.10. The van der Waals surface area contributed by atoms with Crippen LogP contribution in [0.5, 0.6) is 0 Å². The van der Waals surface area contributed by atoms with Gasteiger partial charge in [0.2, 0.25) is 0 Å². The summed E-state index contributed by atoms with van der Waals surface area (Å²) in [6.45, 7) is 0. The highest BCUT2D eigenvalue weighted by Gasteiger charge is 2.37. The quantitative estimate of drug-likeness (QED) is 0.825. The number of benzene rings is 1. The fourth-order valence-electron chi connectivity index (χ4n) is 1.19. The number of rotatable bonds is 2. The van der Waals surface area contributed by atoms with Gasteiger partial charge in [-0.1, -0.05) is 12.1 Å². The summed E-state index contributed by atoms with van der Waals surface area (Å²) in [4.78, 5) is 1.73. The Kier molecular flexibility index (Phi) is 3.24. The van der Waals surface area contributed by atoms with Crippen LogP contribution in [0.25, 0.3) is 0 Å². The van der Waals surface area contributed by atoms with Gasteiger partial charge in [0.1, 0.15) is 6.04 Å². The van der Waals surface area contributed by atoms with Crippen LogP contribution in [-0.2, 0) is 0 Å². The van der Waals surface area contributed by atoms with Crippen LogP contribution in [0, 0.1) is 0 Å². The molecule has 2 N–H and O–H groups in total. The van der Waals surface area contributed by atoms with Gasteiger partial charge in [0.05, 0.1) is 0 Å². The van der Waals surface area contributed by atoms with E-state index in [0.717, 1.165) is 0 Å². The van der Waals surface area contributed by atoms with Crippen LogP contribution < -0.4 is 10.6 Å². The van der Waals surface area contributed by atoms with Gasteiger partial charge in [-0.3, -0.25) is 0 Å². The summed E-state index contributed by atoms with van der Waals surface area (Å²) in [5.41, 5.74) is 5.88. The van der Waals surface area contributed by atoms with E-state index in [-0.39, 0.29) is 5.56 Å². The molecule has 0 bridgehead atoms. The summed E-state index contributed by atoms with van der Waals surface area (Å²) < 4.78 is 37.0. The van der Waals surface area contributed by atoms with E-state index in [1.165, 1.54) is 12.1 Å². The fraction of sp³-hybridized carbons (Fsp3) is 0.400. The van der Waals surface area contributed by atoms with Crippen molar-refractivity contribution in [1.29, 1.82) is 0 Å². The second-order valence-corrected chi connectivity index (χ2v) is 3.51. The summed E-state index contributed by atoms with van der Waals surface area (Å²) >= 11 is 0. The molecular weight excluding hydrogens is 205 g/mol. The lowest BCUT2D eigenvalue weighted by Gasteiger charge is -2.18. The van der Waals surface area contributed by atoms with Gasteiger partial charge in [0.25, 0.3) is 0 Å². The molecule has 0 saturated carbocycles. The molecule has 0 aliphatic carbocycles. The molecule has 1 atom stereocenters. The van der Waals surface area contributed by atoms with Crippen molar-refractivity contribution >= 4 is 5.69 Å². The molecule has 0 unspecified atom stereocenters. The van der Waals surface area contributed by atoms with Crippen molar-refractivity contribution in [1.82, 2.24) is 0 Å². The average molecular weight is 218 g/mol. The van der Waals surface area contributed by atoms with Crippen molar-refractivity contribution in [2.24, 2.45) is 5.73 Å². The number of nitrogens with zero attached hydrogens (tertiary/aromatic N) is 1. The van der Waals surface area contributed by atoms with Crippen LogP contribution in [0.3, 0.4) is 0 Å². The molecular formula is C10H13F3N2. The predicted octanol–water partition coefficient (Wildman–Crippen LogP) is 2.31. The summed E-state index contributed by atoms with van der Waals surface area (Å²) in [6, 6.07) is 4.20.